The molecule has 1 aliphatic heterocycles. The summed E-state index contributed by atoms with van der Waals surface area (Å²) in [6, 6.07) is 2.09. The number of rotatable bonds is 2. The number of aromatic nitrogens is 4. The molecule has 1 saturated heterocycles. The fraction of sp³-hybridized carbons (Fsp3) is 0.615. The van der Waals surface area contributed by atoms with Gasteiger partial charge in [0.15, 0.2) is 0 Å². The van der Waals surface area contributed by atoms with Gasteiger partial charge in [0.05, 0.1) is 0 Å². The summed E-state index contributed by atoms with van der Waals surface area (Å²) in [5, 5.41) is 11.9. The average Bonchev–Trinajstić information content (AvgIpc) is 2.73. The lowest BCUT2D eigenvalue weighted by Crippen LogP contribution is -2.29. The lowest BCUT2D eigenvalue weighted by molar-refractivity contribution is 0.366. The largest absolute Gasteiger partial charge is 0.317 e. The summed E-state index contributed by atoms with van der Waals surface area (Å²) < 4.78 is 2.09. The van der Waals surface area contributed by atoms with E-state index in [0.717, 1.165) is 42.7 Å². The van der Waals surface area contributed by atoms with Crippen molar-refractivity contribution in [2.75, 3.05) is 13.1 Å². The lowest BCUT2D eigenvalue weighted by Gasteiger charge is -2.21. The van der Waals surface area contributed by atoms with Gasteiger partial charge in [0.1, 0.15) is 5.82 Å². The number of nitrogens with zero attached hydrogens (tertiary/aromatic N) is 4. The SMILES string of the molecule is Cc1cc(C)n2c(CC3CCNCC3)nnc2n1. The summed E-state index contributed by atoms with van der Waals surface area (Å²) in [5.41, 5.74) is 2.17. The molecule has 3 rings (SSSR count). The van der Waals surface area contributed by atoms with Crippen LogP contribution in [0.25, 0.3) is 5.78 Å². The van der Waals surface area contributed by atoms with Gasteiger partial charge in [0.25, 0.3) is 5.78 Å². The monoisotopic (exact) mass is 245 g/mol. The van der Waals surface area contributed by atoms with Gasteiger partial charge in [-0.1, -0.05) is 0 Å². The lowest BCUT2D eigenvalue weighted by atomic mass is 9.94. The highest BCUT2D eigenvalue weighted by atomic mass is 15.3. The molecule has 1 N–H and O–H groups in total. The van der Waals surface area contributed by atoms with Crippen LogP contribution in [0.1, 0.15) is 30.1 Å². The van der Waals surface area contributed by atoms with Crippen LogP contribution in [0.2, 0.25) is 0 Å². The quantitative estimate of drug-likeness (QED) is 0.866. The second kappa shape index (κ2) is 4.65. The zero-order valence-electron chi connectivity index (χ0n) is 11.0. The molecule has 96 valence electrons. The molecule has 0 spiro atoms. The van der Waals surface area contributed by atoms with Crippen LogP contribution in [0.3, 0.4) is 0 Å². The van der Waals surface area contributed by atoms with Crippen molar-refractivity contribution in [1.29, 1.82) is 0 Å². The second-order valence-corrected chi connectivity index (χ2v) is 5.19. The van der Waals surface area contributed by atoms with Crippen LogP contribution in [0.4, 0.5) is 0 Å². The molecule has 1 aliphatic rings. The summed E-state index contributed by atoms with van der Waals surface area (Å²) >= 11 is 0. The maximum Gasteiger partial charge on any atom is 0.255 e. The summed E-state index contributed by atoms with van der Waals surface area (Å²) in [6.07, 6.45) is 3.47. The molecule has 1 fully saturated rings. The van der Waals surface area contributed by atoms with E-state index in [9.17, 15) is 0 Å². The average molecular weight is 245 g/mol. The van der Waals surface area contributed by atoms with Crippen LogP contribution in [0.5, 0.6) is 0 Å². The molecule has 0 atom stereocenters. The normalized spacial score (nSPS) is 17.4. The molecule has 5 nitrogen and oxygen atoms in total. The smallest absolute Gasteiger partial charge is 0.255 e. The van der Waals surface area contributed by atoms with Gasteiger partial charge in [-0.05, 0) is 51.8 Å². The van der Waals surface area contributed by atoms with E-state index in [0.29, 0.717) is 0 Å². The molecule has 0 aromatic carbocycles. The third-order valence-electron chi connectivity index (χ3n) is 3.69. The summed E-state index contributed by atoms with van der Waals surface area (Å²) in [7, 11) is 0. The Morgan fingerprint density at radius 1 is 1.28 bits per heavy atom. The van der Waals surface area contributed by atoms with E-state index < -0.39 is 0 Å². The predicted molar refractivity (Wildman–Crippen MR) is 69.6 cm³/mol. The van der Waals surface area contributed by atoms with Crippen LogP contribution >= 0.6 is 0 Å². The van der Waals surface area contributed by atoms with E-state index in [1.54, 1.807) is 0 Å². The van der Waals surface area contributed by atoms with E-state index in [1.807, 2.05) is 6.92 Å². The van der Waals surface area contributed by atoms with Gasteiger partial charge in [-0.25, -0.2) is 4.98 Å². The Kier molecular flexibility index (Phi) is 2.99. The van der Waals surface area contributed by atoms with E-state index in [4.69, 9.17) is 0 Å². The molecule has 2 aromatic rings. The molecular weight excluding hydrogens is 226 g/mol. The minimum atomic E-state index is 0.722. The molecule has 18 heavy (non-hydrogen) atoms. The standard InChI is InChI=1S/C13H19N5/c1-9-7-10(2)18-12(16-17-13(18)15-9)8-11-3-5-14-6-4-11/h7,11,14H,3-6,8H2,1-2H3. The van der Waals surface area contributed by atoms with E-state index >= 15 is 0 Å². The first-order chi connectivity index (χ1) is 8.74. The van der Waals surface area contributed by atoms with Crippen molar-refractivity contribution in [3.05, 3.63) is 23.3 Å². The number of hydrogen-bond acceptors (Lipinski definition) is 4. The van der Waals surface area contributed by atoms with E-state index in [1.165, 1.54) is 18.5 Å². The summed E-state index contributed by atoms with van der Waals surface area (Å²) in [5.74, 6) is 2.51. The highest BCUT2D eigenvalue weighted by Gasteiger charge is 2.17. The van der Waals surface area contributed by atoms with Gasteiger partial charge in [0, 0.05) is 17.8 Å². The summed E-state index contributed by atoms with van der Waals surface area (Å²) in [4.78, 5) is 4.43. The first-order valence-electron chi connectivity index (χ1n) is 6.63. The number of nitrogens with one attached hydrogen (secondary N) is 1. The molecule has 3 heterocycles. The Labute approximate surface area is 107 Å². The molecule has 0 aliphatic carbocycles. The highest BCUT2D eigenvalue weighted by molar-refractivity contribution is 5.32. The maximum absolute atomic E-state index is 4.43. The first kappa shape index (κ1) is 11.6. The predicted octanol–water partition coefficient (Wildman–Crippen LogP) is 1.28. The summed E-state index contributed by atoms with van der Waals surface area (Å²) in [6.45, 7) is 6.33. The van der Waals surface area contributed by atoms with Crippen molar-refractivity contribution in [1.82, 2.24) is 24.9 Å². The van der Waals surface area contributed by atoms with Gasteiger partial charge in [-0.2, -0.15) is 0 Å². The van der Waals surface area contributed by atoms with Gasteiger partial charge >= 0.3 is 0 Å². The van der Waals surface area contributed by atoms with Crippen LogP contribution in [0, 0.1) is 19.8 Å². The zero-order chi connectivity index (χ0) is 12.5. The van der Waals surface area contributed by atoms with Crippen molar-refractivity contribution in [2.24, 2.45) is 5.92 Å². The Balaban J connectivity index is 1.92. The highest BCUT2D eigenvalue weighted by Crippen LogP contribution is 2.18. The Morgan fingerprint density at radius 3 is 2.83 bits per heavy atom. The number of piperidine rings is 1. The van der Waals surface area contributed by atoms with Crippen LogP contribution < -0.4 is 5.32 Å². The molecule has 0 amide bonds. The second-order valence-electron chi connectivity index (χ2n) is 5.19. The number of aryl methyl sites for hydroxylation is 2. The van der Waals surface area contributed by atoms with Crippen LogP contribution in [0.15, 0.2) is 6.07 Å². The van der Waals surface area contributed by atoms with Gasteiger partial charge in [-0.15, -0.1) is 10.2 Å². The van der Waals surface area contributed by atoms with Crippen molar-refractivity contribution < 1.29 is 0 Å². The Bertz CT molecular complexity index is 554. The molecule has 0 unspecified atom stereocenters. The number of hydrogen-bond donors (Lipinski definition) is 1. The van der Waals surface area contributed by atoms with Gasteiger partial charge in [0.2, 0.25) is 0 Å². The van der Waals surface area contributed by atoms with Crippen molar-refractivity contribution in [3.8, 4) is 0 Å². The molecule has 2 aromatic heterocycles. The van der Waals surface area contributed by atoms with Gasteiger partial charge < -0.3 is 5.32 Å². The number of fused-ring (bicyclic) bond motifs is 1. The van der Waals surface area contributed by atoms with E-state index in [2.05, 4.69) is 37.9 Å². The molecule has 0 saturated carbocycles. The van der Waals surface area contributed by atoms with E-state index in [-0.39, 0.29) is 0 Å². The third kappa shape index (κ3) is 2.10. The minimum absolute atomic E-state index is 0.722. The van der Waals surface area contributed by atoms with Crippen molar-refractivity contribution in [3.63, 3.8) is 0 Å². The first-order valence-corrected chi connectivity index (χ1v) is 6.63. The minimum Gasteiger partial charge on any atom is -0.317 e. The van der Waals surface area contributed by atoms with Crippen LogP contribution in [-0.2, 0) is 6.42 Å². The topological polar surface area (TPSA) is 55.1 Å². The third-order valence-corrected chi connectivity index (χ3v) is 3.69. The van der Waals surface area contributed by atoms with Crippen molar-refractivity contribution in [2.45, 2.75) is 33.1 Å². The maximum atomic E-state index is 4.43. The molecule has 0 bridgehead atoms. The fourth-order valence-corrected chi connectivity index (χ4v) is 2.77. The molecule has 5 heteroatoms. The fourth-order valence-electron chi connectivity index (χ4n) is 2.77. The molecule has 0 radical (unpaired) electrons. The van der Waals surface area contributed by atoms with Gasteiger partial charge in [-0.3, -0.25) is 4.40 Å². The Morgan fingerprint density at radius 2 is 2.06 bits per heavy atom. The van der Waals surface area contributed by atoms with Crippen LogP contribution in [-0.4, -0.2) is 32.7 Å². The molecular formula is C13H19N5. The zero-order valence-corrected chi connectivity index (χ0v) is 11.0. The Hall–Kier alpha value is -1.49. The van der Waals surface area contributed by atoms with Crippen molar-refractivity contribution >= 4 is 5.78 Å².